The van der Waals surface area contributed by atoms with Crippen molar-refractivity contribution in [3.05, 3.63) is 47.7 Å². The maximum Gasteiger partial charge on any atom is 0.417 e. The molecule has 2 N–H and O–H groups in total. The van der Waals surface area contributed by atoms with E-state index in [0.717, 1.165) is 17.8 Å². The molecule has 3 rings (SSSR count). The number of alkyl halides is 3. The van der Waals surface area contributed by atoms with Crippen molar-refractivity contribution >= 4 is 11.3 Å². The summed E-state index contributed by atoms with van der Waals surface area (Å²) in [6, 6.07) is 7.47. The minimum Gasteiger partial charge on any atom is -0.399 e. The van der Waals surface area contributed by atoms with Crippen molar-refractivity contribution in [2.24, 2.45) is 0 Å². The summed E-state index contributed by atoms with van der Waals surface area (Å²) in [4.78, 5) is 0. The number of halogens is 3. The molecular weight excluding hydrogens is 281 g/mol. The minimum absolute atomic E-state index is 0.334. The highest BCUT2D eigenvalue weighted by molar-refractivity contribution is 5.67. The Morgan fingerprint density at radius 1 is 1.10 bits per heavy atom. The second kappa shape index (κ2) is 4.47. The van der Waals surface area contributed by atoms with Crippen LogP contribution in [0.5, 0.6) is 0 Å². The highest BCUT2D eigenvalue weighted by Gasteiger charge is 2.31. The Morgan fingerprint density at radius 2 is 1.86 bits per heavy atom. The van der Waals surface area contributed by atoms with Crippen LogP contribution in [0, 0.1) is 6.92 Å². The molecule has 4 nitrogen and oxygen atoms in total. The van der Waals surface area contributed by atoms with Crippen LogP contribution in [0.1, 0.15) is 11.1 Å². The number of pyridine rings is 1. The lowest BCUT2D eigenvalue weighted by molar-refractivity contribution is -0.137. The van der Waals surface area contributed by atoms with Gasteiger partial charge in [0.15, 0.2) is 11.5 Å². The van der Waals surface area contributed by atoms with E-state index in [2.05, 4.69) is 10.2 Å². The molecular formula is C14H11F3N4. The van der Waals surface area contributed by atoms with Crippen molar-refractivity contribution in [1.82, 2.24) is 14.6 Å². The number of aryl methyl sites for hydroxylation is 1. The third-order valence-electron chi connectivity index (χ3n) is 3.23. The lowest BCUT2D eigenvalue weighted by Crippen LogP contribution is -2.06. The molecule has 0 aliphatic heterocycles. The topological polar surface area (TPSA) is 56.2 Å². The Hall–Kier alpha value is -2.57. The van der Waals surface area contributed by atoms with Crippen LogP contribution in [0.2, 0.25) is 0 Å². The van der Waals surface area contributed by atoms with Gasteiger partial charge in [-0.25, -0.2) is 0 Å². The summed E-state index contributed by atoms with van der Waals surface area (Å²) >= 11 is 0. The van der Waals surface area contributed by atoms with Gasteiger partial charge >= 0.3 is 6.18 Å². The smallest absolute Gasteiger partial charge is 0.399 e. The molecule has 0 fully saturated rings. The van der Waals surface area contributed by atoms with Crippen LogP contribution in [-0.2, 0) is 6.18 Å². The molecule has 0 amide bonds. The van der Waals surface area contributed by atoms with E-state index in [1.807, 2.05) is 6.92 Å². The summed E-state index contributed by atoms with van der Waals surface area (Å²) in [5.74, 6) is 0.334. The monoisotopic (exact) mass is 292 g/mol. The summed E-state index contributed by atoms with van der Waals surface area (Å²) in [6.07, 6.45) is -3.42. The number of hydrogen-bond acceptors (Lipinski definition) is 3. The van der Waals surface area contributed by atoms with Crippen LogP contribution in [0.15, 0.2) is 36.5 Å². The number of aromatic nitrogens is 3. The Morgan fingerprint density at radius 3 is 2.57 bits per heavy atom. The predicted octanol–water partition coefficient (Wildman–Crippen LogP) is 3.31. The molecule has 0 unspecified atom stereocenters. The molecule has 0 saturated carbocycles. The minimum atomic E-state index is -4.42. The molecule has 2 aromatic heterocycles. The van der Waals surface area contributed by atoms with Crippen LogP contribution in [0.3, 0.4) is 0 Å². The van der Waals surface area contributed by atoms with E-state index in [-0.39, 0.29) is 0 Å². The first-order chi connectivity index (χ1) is 9.86. The molecule has 0 atom stereocenters. The molecule has 21 heavy (non-hydrogen) atoms. The summed E-state index contributed by atoms with van der Waals surface area (Å²) in [5.41, 5.74) is 7.36. The van der Waals surface area contributed by atoms with Crippen LogP contribution in [0.4, 0.5) is 18.9 Å². The molecule has 1 aromatic carbocycles. The molecule has 0 aliphatic carbocycles. The van der Waals surface area contributed by atoms with Gasteiger partial charge in [-0.15, -0.1) is 10.2 Å². The van der Waals surface area contributed by atoms with Gasteiger partial charge < -0.3 is 5.73 Å². The Kier molecular flexibility index (Phi) is 2.86. The van der Waals surface area contributed by atoms with Crippen LogP contribution >= 0.6 is 0 Å². The maximum atomic E-state index is 12.8. The fourth-order valence-electron chi connectivity index (χ4n) is 2.12. The largest absolute Gasteiger partial charge is 0.417 e. The lowest BCUT2D eigenvalue weighted by Gasteiger charge is -2.09. The molecule has 0 radical (unpaired) electrons. The van der Waals surface area contributed by atoms with Crippen LogP contribution in [0.25, 0.3) is 17.0 Å². The van der Waals surface area contributed by atoms with E-state index in [9.17, 15) is 13.2 Å². The number of rotatable bonds is 1. The van der Waals surface area contributed by atoms with Crippen LogP contribution in [-0.4, -0.2) is 14.6 Å². The van der Waals surface area contributed by atoms with Crippen molar-refractivity contribution in [2.75, 3.05) is 5.73 Å². The number of nitrogen functional groups attached to an aromatic ring is 1. The summed E-state index contributed by atoms with van der Waals surface area (Å²) in [6.45, 7) is 1.84. The number of fused-ring (bicyclic) bond motifs is 1. The van der Waals surface area contributed by atoms with Gasteiger partial charge in [-0.3, -0.25) is 4.40 Å². The van der Waals surface area contributed by atoms with E-state index in [1.165, 1.54) is 10.5 Å². The third kappa shape index (κ3) is 2.31. The fraction of sp³-hybridized carbons (Fsp3) is 0.143. The zero-order valence-electron chi connectivity index (χ0n) is 11.0. The van der Waals surface area contributed by atoms with Crippen LogP contribution < -0.4 is 5.73 Å². The second-order valence-corrected chi connectivity index (χ2v) is 4.74. The van der Waals surface area contributed by atoms with Gasteiger partial charge in [-0.05, 0) is 36.8 Å². The SMILES string of the molecule is Cc1ccc(N)cc1-c1nnc2ccc(C(F)(F)F)cn12. The molecule has 0 bridgehead atoms. The fourth-order valence-corrected chi connectivity index (χ4v) is 2.12. The highest BCUT2D eigenvalue weighted by atomic mass is 19.4. The van der Waals surface area contributed by atoms with E-state index < -0.39 is 11.7 Å². The molecule has 7 heteroatoms. The van der Waals surface area contributed by atoms with E-state index in [1.54, 1.807) is 18.2 Å². The third-order valence-corrected chi connectivity index (χ3v) is 3.23. The molecule has 0 spiro atoms. The van der Waals surface area contributed by atoms with Gasteiger partial charge in [-0.1, -0.05) is 6.07 Å². The van der Waals surface area contributed by atoms with Crippen molar-refractivity contribution in [2.45, 2.75) is 13.1 Å². The lowest BCUT2D eigenvalue weighted by atomic mass is 10.1. The van der Waals surface area contributed by atoms with Gasteiger partial charge in [0, 0.05) is 17.4 Å². The first-order valence-electron chi connectivity index (χ1n) is 6.15. The molecule has 0 saturated heterocycles. The highest BCUT2D eigenvalue weighted by Crippen LogP contribution is 2.31. The van der Waals surface area contributed by atoms with Gasteiger partial charge in [0.2, 0.25) is 0 Å². The predicted molar refractivity (Wildman–Crippen MR) is 72.6 cm³/mol. The zero-order chi connectivity index (χ0) is 15.2. The summed E-state index contributed by atoms with van der Waals surface area (Å²) < 4.78 is 39.8. The first-order valence-corrected chi connectivity index (χ1v) is 6.15. The van der Waals surface area contributed by atoms with Gasteiger partial charge in [0.05, 0.1) is 5.56 Å². The average molecular weight is 292 g/mol. The van der Waals surface area contributed by atoms with Gasteiger partial charge in [0.1, 0.15) is 0 Å². The number of benzene rings is 1. The van der Waals surface area contributed by atoms with E-state index in [4.69, 9.17) is 5.73 Å². The number of nitrogens with zero attached hydrogens (tertiary/aromatic N) is 3. The maximum absolute atomic E-state index is 12.8. The molecule has 0 aliphatic rings. The Balaban J connectivity index is 2.26. The van der Waals surface area contributed by atoms with Crippen molar-refractivity contribution in [1.29, 1.82) is 0 Å². The molecule has 3 aromatic rings. The normalized spacial score (nSPS) is 12.0. The Bertz CT molecular complexity index is 821. The van der Waals surface area contributed by atoms with Gasteiger partial charge in [-0.2, -0.15) is 13.2 Å². The summed E-state index contributed by atoms with van der Waals surface area (Å²) in [7, 11) is 0. The van der Waals surface area contributed by atoms with E-state index in [0.29, 0.717) is 22.7 Å². The average Bonchev–Trinajstić information content (AvgIpc) is 2.83. The standard InChI is InChI=1S/C14H11F3N4/c1-8-2-4-10(18)6-11(8)13-20-19-12-5-3-9(7-21(12)13)14(15,16)17/h2-7H,18H2,1H3. The van der Waals surface area contributed by atoms with Crippen molar-refractivity contribution in [3.63, 3.8) is 0 Å². The second-order valence-electron chi connectivity index (χ2n) is 4.74. The molecule has 2 heterocycles. The summed E-state index contributed by atoms with van der Waals surface area (Å²) in [5, 5.41) is 7.87. The molecule has 108 valence electrons. The van der Waals surface area contributed by atoms with Gasteiger partial charge in [0.25, 0.3) is 0 Å². The number of nitrogens with two attached hydrogens (primary N) is 1. The van der Waals surface area contributed by atoms with Crippen molar-refractivity contribution in [3.8, 4) is 11.4 Å². The Labute approximate surface area is 118 Å². The first kappa shape index (κ1) is 13.4. The van der Waals surface area contributed by atoms with E-state index >= 15 is 0 Å². The zero-order valence-corrected chi connectivity index (χ0v) is 11.0. The number of anilines is 1. The quantitative estimate of drug-likeness (QED) is 0.700. The number of hydrogen-bond donors (Lipinski definition) is 1. The van der Waals surface area contributed by atoms with Crippen molar-refractivity contribution < 1.29 is 13.2 Å².